The molecule has 110 valence electrons. The highest BCUT2D eigenvalue weighted by molar-refractivity contribution is 5.93. The summed E-state index contributed by atoms with van der Waals surface area (Å²) >= 11 is 0. The van der Waals surface area contributed by atoms with E-state index in [9.17, 15) is 5.11 Å². The summed E-state index contributed by atoms with van der Waals surface area (Å²) in [4.78, 5) is 0. The molecule has 0 saturated carbocycles. The van der Waals surface area contributed by atoms with Crippen LogP contribution >= 0.6 is 0 Å². The molecule has 0 aliphatic heterocycles. The van der Waals surface area contributed by atoms with Crippen molar-refractivity contribution in [3.05, 3.63) is 77.4 Å². The molecule has 0 heterocycles. The molecule has 0 radical (unpaired) electrons. The van der Waals surface area contributed by atoms with Gasteiger partial charge in [0.05, 0.1) is 0 Å². The average molecular weight is 288 g/mol. The molecule has 3 aromatic rings. The predicted octanol–water partition coefficient (Wildman–Crippen LogP) is 5.16. The predicted molar refractivity (Wildman–Crippen MR) is 91.5 cm³/mol. The zero-order valence-corrected chi connectivity index (χ0v) is 13.0. The Balaban J connectivity index is 1.88. The molecule has 1 nitrogen and oxygen atoms in total. The summed E-state index contributed by atoms with van der Waals surface area (Å²) in [5.74, 6) is 0.818. The van der Waals surface area contributed by atoms with Crippen molar-refractivity contribution in [2.45, 2.75) is 31.6 Å². The largest absolute Gasteiger partial charge is 0.508 e. The molecule has 0 fully saturated rings. The van der Waals surface area contributed by atoms with Crippen molar-refractivity contribution in [2.24, 2.45) is 0 Å². The lowest BCUT2D eigenvalue weighted by Crippen LogP contribution is -2.27. The smallest absolute Gasteiger partial charge is 0.115 e. The van der Waals surface area contributed by atoms with Crippen LogP contribution in [0, 0.1) is 0 Å². The fourth-order valence-corrected chi connectivity index (χ4v) is 4.12. The lowest BCUT2D eigenvalue weighted by Gasteiger charge is -2.31. The van der Waals surface area contributed by atoms with E-state index in [-0.39, 0.29) is 5.41 Å². The summed E-state index contributed by atoms with van der Waals surface area (Å²) in [6, 6.07) is 21.0. The molecular formula is C21H20O. The van der Waals surface area contributed by atoms with E-state index in [2.05, 4.69) is 56.3 Å². The Morgan fingerprint density at radius 3 is 2.50 bits per heavy atom. The van der Waals surface area contributed by atoms with Crippen LogP contribution < -0.4 is 0 Å². The highest BCUT2D eigenvalue weighted by Gasteiger charge is 2.41. The monoisotopic (exact) mass is 288 g/mol. The molecule has 3 aromatic carbocycles. The van der Waals surface area contributed by atoms with E-state index in [0.29, 0.717) is 11.7 Å². The van der Waals surface area contributed by atoms with Crippen LogP contribution in [0.25, 0.3) is 10.8 Å². The van der Waals surface area contributed by atoms with Crippen LogP contribution in [0.1, 0.15) is 36.5 Å². The van der Waals surface area contributed by atoms with Crippen molar-refractivity contribution in [2.75, 3.05) is 0 Å². The van der Waals surface area contributed by atoms with Crippen molar-refractivity contribution in [3.8, 4) is 5.75 Å². The van der Waals surface area contributed by atoms with Gasteiger partial charge < -0.3 is 5.11 Å². The minimum Gasteiger partial charge on any atom is -0.508 e. The number of rotatable bonds is 2. The molecule has 4 rings (SSSR count). The van der Waals surface area contributed by atoms with Crippen LogP contribution in [-0.4, -0.2) is 5.11 Å². The molecule has 2 atom stereocenters. The van der Waals surface area contributed by atoms with Crippen molar-refractivity contribution in [1.82, 2.24) is 0 Å². The first-order valence-corrected chi connectivity index (χ1v) is 7.89. The Labute approximate surface area is 131 Å². The molecule has 2 unspecified atom stereocenters. The maximum atomic E-state index is 9.76. The first-order valence-electron chi connectivity index (χ1n) is 7.89. The van der Waals surface area contributed by atoms with Crippen LogP contribution in [0.4, 0.5) is 0 Å². The molecule has 1 aliphatic carbocycles. The second kappa shape index (κ2) is 4.61. The van der Waals surface area contributed by atoms with Crippen LogP contribution in [-0.2, 0) is 11.8 Å². The molecule has 1 aliphatic rings. The van der Waals surface area contributed by atoms with Gasteiger partial charge in [-0.2, -0.15) is 0 Å². The van der Waals surface area contributed by atoms with Gasteiger partial charge in [0.1, 0.15) is 5.75 Å². The molecule has 22 heavy (non-hydrogen) atoms. The quantitative estimate of drug-likeness (QED) is 0.690. The lowest BCUT2D eigenvalue weighted by molar-refractivity contribution is 0.410. The molecule has 0 amide bonds. The van der Waals surface area contributed by atoms with Crippen molar-refractivity contribution in [1.29, 1.82) is 0 Å². The van der Waals surface area contributed by atoms with Gasteiger partial charge in [-0.15, -0.1) is 0 Å². The van der Waals surface area contributed by atoms with Crippen molar-refractivity contribution < 1.29 is 5.11 Å². The second-order valence-electron chi connectivity index (χ2n) is 6.74. The van der Waals surface area contributed by atoms with Gasteiger partial charge in [0.25, 0.3) is 0 Å². The number of phenols is 1. The van der Waals surface area contributed by atoms with E-state index in [1.54, 1.807) is 6.07 Å². The van der Waals surface area contributed by atoms with E-state index in [1.165, 1.54) is 27.5 Å². The van der Waals surface area contributed by atoms with Gasteiger partial charge in [0, 0.05) is 5.41 Å². The standard InChI is InChI=1S/C21H20O/c1-14-18-10-4-7-16-8-5-11-19(20(16)18)21(14,2)13-15-6-3-9-17(22)12-15/h3-12,14,22H,13H2,1-2H3. The number of hydrogen-bond donors (Lipinski definition) is 1. The Morgan fingerprint density at radius 1 is 1.00 bits per heavy atom. The summed E-state index contributed by atoms with van der Waals surface area (Å²) in [5.41, 5.74) is 4.16. The SMILES string of the molecule is CC1c2cccc3cccc(c23)C1(C)Cc1cccc(O)c1. The Hall–Kier alpha value is -2.28. The third kappa shape index (κ3) is 1.78. The highest BCUT2D eigenvalue weighted by Crippen LogP contribution is 2.52. The van der Waals surface area contributed by atoms with Crippen LogP contribution in [0.2, 0.25) is 0 Å². The number of aromatic hydroxyl groups is 1. The van der Waals surface area contributed by atoms with Gasteiger partial charge in [-0.3, -0.25) is 0 Å². The van der Waals surface area contributed by atoms with E-state index in [1.807, 2.05) is 12.1 Å². The maximum absolute atomic E-state index is 9.76. The molecule has 0 saturated heterocycles. The van der Waals surface area contributed by atoms with Crippen molar-refractivity contribution >= 4 is 10.8 Å². The summed E-state index contributed by atoms with van der Waals surface area (Å²) in [6.45, 7) is 4.69. The van der Waals surface area contributed by atoms with Crippen LogP contribution in [0.5, 0.6) is 5.75 Å². The van der Waals surface area contributed by atoms with Gasteiger partial charge >= 0.3 is 0 Å². The fourth-order valence-electron chi connectivity index (χ4n) is 4.12. The lowest BCUT2D eigenvalue weighted by atomic mass is 9.72. The summed E-state index contributed by atoms with van der Waals surface area (Å²) in [6.07, 6.45) is 0.941. The topological polar surface area (TPSA) is 20.2 Å². The molecule has 1 N–H and O–H groups in total. The average Bonchev–Trinajstić information content (AvgIpc) is 2.72. The summed E-state index contributed by atoms with van der Waals surface area (Å²) in [7, 11) is 0. The zero-order valence-electron chi connectivity index (χ0n) is 13.0. The Kier molecular flexibility index (Phi) is 2.80. The number of phenolic OH excluding ortho intramolecular Hbond substituents is 1. The fraction of sp³-hybridized carbons (Fsp3) is 0.238. The normalized spacial score (nSPS) is 23.1. The Morgan fingerprint density at radius 2 is 1.73 bits per heavy atom. The van der Waals surface area contributed by atoms with Gasteiger partial charge in [0.15, 0.2) is 0 Å². The third-order valence-electron chi connectivity index (χ3n) is 5.46. The van der Waals surface area contributed by atoms with E-state index in [4.69, 9.17) is 0 Å². The molecule has 0 aromatic heterocycles. The highest BCUT2D eigenvalue weighted by atomic mass is 16.3. The van der Waals surface area contributed by atoms with Gasteiger partial charge in [-0.25, -0.2) is 0 Å². The first kappa shape index (κ1) is 13.4. The maximum Gasteiger partial charge on any atom is 0.115 e. The van der Waals surface area contributed by atoms with E-state index < -0.39 is 0 Å². The van der Waals surface area contributed by atoms with Gasteiger partial charge in [-0.05, 0) is 51.9 Å². The van der Waals surface area contributed by atoms with E-state index in [0.717, 1.165) is 6.42 Å². The number of hydrogen-bond acceptors (Lipinski definition) is 1. The Bertz CT molecular complexity index is 859. The molecule has 0 bridgehead atoms. The molecule has 0 spiro atoms. The first-order chi connectivity index (χ1) is 10.6. The van der Waals surface area contributed by atoms with Crippen LogP contribution in [0.3, 0.4) is 0 Å². The minimum atomic E-state index is 0.0665. The van der Waals surface area contributed by atoms with Gasteiger partial charge in [-0.1, -0.05) is 62.4 Å². The van der Waals surface area contributed by atoms with Crippen LogP contribution in [0.15, 0.2) is 60.7 Å². The molecular weight excluding hydrogens is 268 g/mol. The summed E-state index contributed by atoms with van der Waals surface area (Å²) in [5, 5.41) is 12.5. The zero-order chi connectivity index (χ0) is 15.3. The van der Waals surface area contributed by atoms with Gasteiger partial charge in [0.2, 0.25) is 0 Å². The summed E-state index contributed by atoms with van der Waals surface area (Å²) < 4.78 is 0. The van der Waals surface area contributed by atoms with Crippen molar-refractivity contribution in [3.63, 3.8) is 0 Å². The molecule has 1 heteroatoms. The third-order valence-corrected chi connectivity index (χ3v) is 5.46. The van der Waals surface area contributed by atoms with E-state index >= 15 is 0 Å². The number of benzene rings is 3. The second-order valence-corrected chi connectivity index (χ2v) is 6.74. The minimum absolute atomic E-state index is 0.0665.